The van der Waals surface area contributed by atoms with Gasteiger partial charge in [0.25, 0.3) is 0 Å². The summed E-state index contributed by atoms with van der Waals surface area (Å²) in [6.45, 7) is 1.71. The van der Waals surface area contributed by atoms with Crippen molar-refractivity contribution in [2.75, 3.05) is 0 Å². The van der Waals surface area contributed by atoms with E-state index in [-0.39, 0.29) is 0 Å². The second-order valence-electron chi connectivity index (χ2n) is 3.11. The van der Waals surface area contributed by atoms with Crippen molar-refractivity contribution in [2.45, 2.75) is 25.9 Å². The van der Waals surface area contributed by atoms with E-state index in [2.05, 4.69) is 0 Å². The Bertz CT molecular complexity index is 350. The molecule has 0 bridgehead atoms. The molecule has 0 amide bonds. The van der Waals surface area contributed by atoms with E-state index in [4.69, 9.17) is 11.6 Å². The highest BCUT2D eigenvalue weighted by molar-refractivity contribution is 7.18. The Labute approximate surface area is 93.9 Å². The van der Waals surface area contributed by atoms with E-state index in [1.165, 1.54) is 6.07 Å². The van der Waals surface area contributed by atoms with Crippen molar-refractivity contribution in [3.63, 3.8) is 0 Å². The molecule has 1 aromatic rings. The predicted octanol–water partition coefficient (Wildman–Crippen LogP) is 4.24. The fourth-order valence-electron chi connectivity index (χ4n) is 0.976. The fourth-order valence-corrected chi connectivity index (χ4v) is 2.14. The lowest BCUT2D eigenvalue weighted by molar-refractivity contribution is -0.133. The number of hydrogen-bond acceptors (Lipinski definition) is 2. The quantitative estimate of drug-likeness (QED) is 0.740. The Morgan fingerprint density at radius 2 is 2.13 bits per heavy atom. The smallest absolute Gasteiger partial charge is 0.293 e. The number of rotatable bonds is 3. The maximum atomic E-state index is 11.8. The molecule has 6 heteroatoms. The third-order valence-corrected chi connectivity index (χ3v) is 3.36. The standard InChI is InChI=1S/C9H8ClF3OS/c1-5-4-7(15-8(5)10)6(14)2-3-9(11,12)13/h4H,2-3H2,1H3. The molecule has 1 aromatic heterocycles. The SMILES string of the molecule is Cc1cc(C(=O)CCC(F)(F)F)sc1Cl. The number of alkyl halides is 3. The summed E-state index contributed by atoms with van der Waals surface area (Å²) in [7, 11) is 0. The first-order valence-electron chi connectivity index (χ1n) is 4.15. The highest BCUT2D eigenvalue weighted by atomic mass is 35.5. The van der Waals surface area contributed by atoms with Crippen LogP contribution in [0.4, 0.5) is 13.2 Å². The van der Waals surface area contributed by atoms with Gasteiger partial charge in [0, 0.05) is 6.42 Å². The first-order valence-corrected chi connectivity index (χ1v) is 5.35. The summed E-state index contributed by atoms with van der Waals surface area (Å²) in [6.07, 6.45) is -5.88. The number of halogens is 4. The predicted molar refractivity (Wildman–Crippen MR) is 53.7 cm³/mol. The summed E-state index contributed by atoms with van der Waals surface area (Å²) in [6, 6.07) is 1.52. The summed E-state index contributed by atoms with van der Waals surface area (Å²) in [5.74, 6) is -0.507. The number of thiophene rings is 1. The number of carbonyl (C=O) groups is 1. The van der Waals surface area contributed by atoms with Gasteiger partial charge in [-0.3, -0.25) is 4.79 Å². The van der Waals surface area contributed by atoms with E-state index in [1.807, 2.05) is 0 Å². The molecule has 1 nitrogen and oxygen atoms in total. The summed E-state index contributed by atoms with van der Waals surface area (Å²) in [5, 5.41) is 0. The molecule has 0 aliphatic rings. The van der Waals surface area contributed by atoms with Crippen LogP contribution < -0.4 is 0 Å². The minimum atomic E-state index is -4.29. The van der Waals surface area contributed by atoms with E-state index >= 15 is 0 Å². The third-order valence-electron chi connectivity index (χ3n) is 1.77. The number of aryl methyl sites for hydroxylation is 1. The van der Waals surface area contributed by atoms with Gasteiger partial charge >= 0.3 is 6.18 Å². The maximum absolute atomic E-state index is 11.8. The molecule has 0 aliphatic carbocycles. The van der Waals surface area contributed by atoms with E-state index < -0.39 is 24.8 Å². The van der Waals surface area contributed by atoms with E-state index in [0.717, 1.165) is 16.9 Å². The van der Waals surface area contributed by atoms with Gasteiger partial charge in [-0.15, -0.1) is 11.3 Å². The van der Waals surface area contributed by atoms with Crippen LogP contribution in [-0.4, -0.2) is 12.0 Å². The molecule has 0 aliphatic heterocycles. The monoisotopic (exact) mass is 256 g/mol. The van der Waals surface area contributed by atoms with Crippen molar-refractivity contribution in [3.8, 4) is 0 Å². The first kappa shape index (κ1) is 12.5. The van der Waals surface area contributed by atoms with Crippen molar-refractivity contribution < 1.29 is 18.0 Å². The van der Waals surface area contributed by atoms with Gasteiger partial charge in [0.1, 0.15) is 0 Å². The molecule has 0 N–H and O–H groups in total. The van der Waals surface area contributed by atoms with E-state index in [0.29, 0.717) is 9.21 Å². The second kappa shape index (κ2) is 4.53. The lowest BCUT2D eigenvalue weighted by Gasteiger charge is -2.03. The Hall–Kier alpha value is -0.550. The second-order valence-corrected chi connectivity index (χ2v) is 4.76. The molecular formula is C9H8ClF3OS. The molecular weight excluding hydrogens is 249 g/mol. The summed E-state index contributed by atoms with van der Waals surface area (Å²) in [4.78, 5) is 11.6. The number of Topliss-reactive ketones (excluding diaryl/α,β-unsaturated/α-hetero) is 1. The Balaban J connectivity index is 2.62. The average molecular weight is 257 g/mol. The highest BCUT2D eigenvalue weighted by Gasteiger charge is 2.28. The normalized spacial score (nSPS) is 11.8. The van der Waals surface area contributed by atoms with Gasteiger partial charge in [0.2, 0.25) is 0 Å². The van der Waals surface area contributed by atoms with Crippen molar-refractivity contribution in [3.05, 3.63) is 20.8 Å². The molecule has 0 saturated heterocycles. The van der Waals surface area contributed by atoms with E-state index in [1.54, 1.807) is 6.92 Å². The topological polar surface area (TPSA) is 17.1 Å². The molecule has 0 spiro atoms. The molecule has 0 radical (unpaired) electrons. The molecule has 0 aromatic carbocycles. The van der Waals surface area contributed by atoms with Crippen LogP contribution in [0, 0.1) is 6.92 Å². The molecule has 0 atom stereocenters. The minimum Gasteiger partial charge on any atom is -0.293 e. The average Bonchev–Trinajstić information content (AvgIpc) is 2.42. The third kappa shape index (κ3) is 3.83. The molecule has 0 unspecified atom stereocenters. The van der Waals surface area contributed by atoms with Gasteiger partial charge in [-0.05, 0) is 18.6 Å². The molecule has 1 heterocycles. The van der Waals surface area contributed by atoms with Crippen LogP contribution in [0.5, 0.6) is 0 Å². The van der Waals surface area contributed by atoms with Crippen molar-refractivity contribution in [1.29, 1.82) is 0 Å². The Kier molecular flexibility index (Phi) is 3.78. The van der Waals surface area contributed by atoms with Crippen molar-refractivity contribution in [2.24, 2.45) is 0 Å². The van der Waals surface area contributed by atoms with Crippen LogP contribution >= 0.6 is 22.9 Å². The zero-order valence-electron chi connectivity index (χ0n) is 7.82. The Morgan fingerprint density at radius 3 is 2.53 bits per heavy atom. The minimum absolute atomic E-state index is 0.293. The first-order chi connectivity index (χ1) is 6.79. The highest BCUT2D eigenvalue weighted by Crippen LogP contribution is 2.29. The van der Waals surface area contributed by atoms with Gasteiger partial charge in [0.15, 0.2) is 5.78 Å². The van der Waals surface area contributed by atoms with Gasteiger partial charge in [-0.1, -0.05) is 11.6 Å². The molecule has 1 rings (SSSR count). The zero-order chi connectivity index (χ0) is 11.6. The summed E-state index contributed by atoms with van der Waals surface area (Å²) < 4.78 is 36.0. The van der Waals surface area contributed by atoms with Crippen LogP contribution in [0.2, 0.25) is 4.34 Å². The van der Waals surface area contributed by atoms with Crippen LogP contribution in [0.25, 0.3) is 0 Å². The largest absolute Gasteiger partial charge is 0.389 e. The fraction of sp³-hybridized carbons (Fsp3) is 0.444. The van der Waals surface area contributed by atoms with Crippen LogP contribution in [0.3, 0.4) is 0 Å². The number of ketones is 1. The lowest BCUT2D eigenvalue weighted by Crippen LogP contribution is -2.10. The van der Waals surface area contributed by atoms with Gasteiger partial charge < -0.3 is 0 Å². The van der Waals surface area contributed by atoms with Crippen molar-refractivity contribution >= 4 is 28.7 Å². The van der Waals surface area contributed by atoms with Crippen LogP contribution in [-0.2, 0) is 0 Å². The molecule has 15 heavy (non-hydrogen) atoms. The summed E-state index contributed by atoms with van der Waals surface area (Å²) >= 11 is 6.73. The molecule has 0 fully saturated rings. The lowest BCUT2D eigenvalue weighted by atomic mass is 10.2. The zero-order valence-corrected chi connectivity index (χ0v) is 9.39. The molecule has 0 saturated carbocycles. The summed E-state index contributed by atoms with van der Waals surface area (Å²) in [5.41, 5.74) is 0.719. The Morgan fingerprint density at radius 1 is 1.53 bits per heavy atom. The number of carbonyl (C=O) groups excluding carboxylic acids is 1. The van der Waals surface area contributed by atoms with Crippen LogP contribution in [0.1, 0.15) is 28.1 Å². The van der Waals surface area contributed by atoms with Gasteiger partial charge in [-0.2, -0.15) is 13.2 Å². The van der Waals surface area contributed by atoms with Crippen molar-refractivity contribution in [1.82, 2.24) is 0 Å². The number of hydrogen-bond donors (Lipinski definition) is 0. The van der Waals surface area contributed by atoms with E-state index in [9.17, 15) is 18.0 Å². The van der Waals surface area contributed by atoms with Gasteiger partial charge in [0.05, 0.1) is 15.6 Å². The molecule has 84 valence electrons. The maximum Gasteiger partial charge on any atom is 0.389 e. The van der Waals surface area contributed by atoms with Crippen LogP contribution in [0.15, 0.2) is 6.07 Å². The van der Waals surface area contributed by atoms with Gasteiger partial charge in [-0.25, -0.2) is 0 Å².